The van der Waals surface area contributed by atoms with Crippen molar-refractivity contribution in [1.29, 1.82) is 0 Å². The molecule has 0 bridgehead atoms. The SMILES string of the molecule is CCCCCNC(=NCCCc1nc(C)no1)NCC.I. The summed E-state index contributed by atoms with van der Waals surface area (Å²) in [5, 5.41) is 10.4. The number of guanidine groups is 1. The number of hydrogen-bond acceptors (Lipinski definition) is 4. The first-order valence-corrected chi connectivity index (χ1v) is 7.57. The Morgan fingerprint density at radius 3 is 2.62 bits per heavy atom. The normalized spacial score (nSPS) is 11.1. The lowest BCUT2D eigenvalue weighted by atomic mass is 10.2. The number of aromatic nitrogens is 2. The summed E-state index contributed by atoms with van der Waals surface area (Å²) in [5.74, 6) is 2.28. The van der Waals surface area contributed by atoms with Crippen molar-refractivity contribution >= 4 is 29.9 Å². The second-order valence-electron chi connectivity index (χ2n) is 4.73. The third-order valence-electron chi connectivity index (χ3n) is 2.81. The Kier molecular flexibility index (Phi) is 12.3. The van der Waals surface area contributed by atoms with Crippen LogP contribution in [0.25, 0.3) is 0 Å². The first-order chi connectivity index (χ1) is 9.76. The van der Waals surface area contributed by atoms with E-state index in [0.29, 0.717) is 11.7 Å². The zero-order valence-corrected chi connectivity index (χ0v) is 15.6. The summed E-state index contributed by atoms with van der Waals surface area (Å²) in [6.45, 7) is 8.72. The molecular formula is C14H28IN5O. The molecule has 21 heavy (non-hydrogen) atoms. The van der Waals surface area contributed by atoms with Gasteiger partial charge in [0.15, 0.2) is 11.8 Å². The predicted octanol–water partition coefficient (Wildman–Crippen LogP) is 2.67. The highest BCUT2D eigenvalue weighted by atomic mass is 127. The Morgan fingerprint density at radius 2 is 2.00 bits per heavy atom. The van der Waals surface area contributed by atoms with Crippen LogP contribution in [0.1, 0.15) is 51.2 Å². The molecule has 122 valence electrons. The summed E-state index contributed by atoms with van der Waals surface area (Å²) in [6, 6.07) is 0. The highest BCUT2D eigenvalue weighted by Crippen LogP contribution is 2.00. The molecule has 0 fully saturated rings. The van der Waals surface area contributed by atoms with E-state index in [1.54, 1.807) is 0 Å². The van der Waals surface area contributed by atoms with Gasteiger partial charge in [0.2, 0.25) is 5.89 Å². The van der Waals surface area contributed by atoms with E-state index in [2.05, 4.69) is 39.6 Å². The Morgan fingerprint density at radius 1 is 1.19 bits per heavy atom. The van der Waals surface area contributed by atoms with E-state index in [1.807, 2.05) is 6.92 Å². The van der Waals surface area contributed by atoms with Crippen LogP contribution >= 0.6 is 24.0 Å². The third-order valence-corrected chi connectivity index (χ3v) is 2.81. The fourth-order valence-electron chi connectivity index (χ4n) is 1.79. The molecule has 0 radical (unpaired) electrons. The van der Waals surface area contributed by atoms with Crippen LogP contribution in [0.15, 0.2) is 9.52 Å². The van der Waals surface area contributed by atoms with E-state index < -0.39 is 0 Å². The molecule has 0 atom stereocenters. The predicted molar refractivity (Wildman–Crippen MR) is 96.3 cm³/mol. The molecule has 0 saturated heterocycles. The first-order valence-electron chi connectivity index (χ1n) is 7.57. The van der Waals surface area contributed by atoms with Gasteiger partial charge >= 0.3 is 0 Å². The van der Waals surface area contributed by atoms with Crippen LogP contribution < -0.4 is 10.6 Å². The molecule has 6 nitrogen and oxygen atoms in total. The molecule has 0 aliphatic rings. The van der Waals surface area contributed by atoms with Gasteiger partial charge in [0.1, 0.15) is 0 Å². The molecular weight excluding hydrogens is 381 g/mol. The maximum Gasteiger partial charge on any atom is 0.226 e. The van der Waals surface area contributed by atoms with Crippen molar-refractivity contribution in [2.75, 3.05) is 19.6 Å². The number of unbranched alkanes of at least 4 members (excludes halogenated alkanes) is 2. The first kappa shape index (κ1) is 20.1. The second kappa shape index (κ2) is 12.8. The number of nitrogens with zero attached hydrogens (tertiary/aromatic N) is 3. The van der Waals surface area contributed by atoms with E-state index in [-0.39, 0.29) is 24.0 Å². The smallest absolute Gasteiger partial charge is 0.226 e. The lowest BCUT2D eigenvalue weighted by Gasteiger charge is -2.10. The van der Waals surface area contributed by atoms with Crippen molar-refractivity contribution in [3.05, 3.63) is 11.7 Å². The quantitative estimate of drug-likeness (QED) is 0.284. The summed E-state index contributed by atoms with van der Waals surface area (Å²) < 4.78 is 5.07. The summed E-state index contributed by atoms with van der Waals surface area (Å²) in [6.07, 6.45) is 5.36. The van der Waals surface area contributed by atoms with Gasteiger partial charge in [-0.1, -0.05) is 24.9 Å². The zero-order valence-electron chi connectivity index (χ0n) is 13.3. The second-order valence-corrected chi connectivity index (χ2v) is 4.73. The molecule has 1 heterocycles. The molecule has 0 spiro atoms. The van der Waals surface area contributed by atoms with Crippen molar-refractivity contribution in [1.82, 2.24) is 20.8 Å². The zero-order chi connectivity index (χ0) is 14.6. The molecule has 7 heteroatoms. The number of aryl methyl sites for hydroxylation is 2. The van der Waals surface area contributed by atoms with Gasteiger partial charge in [-0.25, -0.2) is 0 Å². The van der Waals surface area contributed by atoms with E-state index >= 15 is 0 Å². The van der Waals surface area contributed by atoms with Crippen molar-refractivity contribution in [2.24, 2.45) is 4.99 Å². The lowest BCUT2D eigenvalue weighted by molar-refractivity contribution is 0.372. The minimum absolute atomic E-state index is 0. The van der Waals surface area contributed by atoms with E-state index in [1.165, 1.54) is 19.3 Å². The van der Waals surface area contributed by atoms with Crippen molar-refractivity contribution in [3.8, 4) is 0 Å². The Labute approximate surface area is 144 Å². The average molecular weight is 409 g/mol. The van der Waals surface area contributed by atoms with Crippen LogP contribution in [-0.4, -0.2) is 35.7 Å². The largest absolute Gasteiger partial charge is 0.357 e. The van der Waals surface area contributed by atoms with Gasteiger partial charge < -0.3 is 15.2 Å². The molecule has 0 aliphatic carbocycles. The van der Waals surface area contributed by atoms with Crippen LogP contribution in [0.3, 0.4) is 0 Å². The van der Waals surface area contributed by atoms with Crippen molar-refractivity contribution < 1.29 is 4.52 Å². The molecule has 0 amide bonds. The number of nitrogens with one attached hydrogen (secondary N) is 2. The van der Waals surface area contributed by atoms with Gasteiger partial charge in [-0.15, -0.1) is 24.0 Å². The van der Waals surface area contributed by atoms with Crippen LogP contribution in [0.2, 0.25) is 0 Å². The number of aliphatic imine (C=N–C) groups is 1. The Hall–Kier alpha value is -0.860. The topological polar surface area (TPSA) is 75.3 Å². The number of halogens is 1. The van der Waals surface area contributed by atoms with Crippen molar-refractivity contribution in [2.45, 2.75) is 52.9 Å². The summed E-state index contributed by atoms with van der Waals surface area (Å²) in [4.78, 5) is 8.71. The molecule has 0 saturated carbocycles. The molecule has 0 aromatic carbocycles. The molecule has 1 rings (SSSR count). The molecule has 0 unspecified atom stereocenters. The van der Waals surface area contributed by atoms with Gasteiger partial charge in [0, 0.05) is 26.1 Å². The van der Waals surface area contributed by atoms with Gasteiger partial charge in [-0.3, -0.25) is 4.99 Å². The van der Waals surface area contributed by atoms with Crippen LogP contribution in [0.4, 0.5) is 0 Å². The monoisotopic (exact) mass is 409 g/mol. The van der Waals surface area contributed by atoms with E-state index in [4.69, 9.17) is 4.52 Å². The van der Waals surface area contributed by atoms with Gasteiger partial charge in [-0.05, 0) is 26.7 Å². The van der Waals surface area contributed by atoms with E-state index in [0.717, 1.165) is 38.4 Å². The molecule has 1 aromatic heterocycles. The number of rotatable bonds is 9. The Bertz CT molecular complexity index is 394. The summed E-state index contributed by atoms with van der Waals surface area (Å²) in [5.41, 5.74) is 0. The van der Waals surface area contributed by atoms with Crippen LogP contribution in [0.5, 0.6) is 0 Å². The lowest BCUT2D eigenvalue weighted by Crippen LogP contribution is -2.37. The summed E-state index contributed by atoms with van der Waals surface area (Å²) in [7, 11) is 0. The fourth-order valence-corrected chi connectivity index (χ4v) is 1.79. The standard InChI is InChI=1S/C14H27N5O.HI/c1-4-6-7-10-16-14(15-5-2)17-11-8-9-13-18-12(3)19-20-13;/h4-11H2,1-3H3,(H2,15,16,17);1H. The third kappa shape index (κ3) is 9.65. The van der Waals surface area contributed by atoms with Crippen LogP contribution in [-0.2, 0) is 6.42 Å². The molecule has 2 N–H and O–H groups in total. The van der Waals surface area contributed by atoms with Gasteiger partial charge in [-0.2, -0.15) is 4.98 Å². The fraction of sp³-hybridized carbons (Fsp3) is 0.786. The average Bonchev–Trinajstić information content (AvgIpc) is 2.85. The summed E-state index contributed by atoms with van der Waals surface area (Å²) >= 11 is 0. The van der Waals surface area contributed by atoms with Gasteiger partial charge in [0.05, 0.1) is 0 Å². The maximum atomic E-state index is 5.07. The minimum atomic E-state index is 0. The van der Waals surface area contributed by atoms with Gasteiger partial charge in [0.25, 0.3) is 0 Å². The van der Waals surface area contributed by atoms with E-state index in [9.17, 15) is 0 Å². The Balaban J connectivity index is 0.00000400. The van der Waals surface area contributed by atoms with Crippen molar-refractivity contribution in [3.63, 3.8) is 0 Å². The molecule has 0 aliphatic heterocycles. The number of hydrogen-bond donors (Lipinski definition) is 2. The maximum absolute atomic E-state index is 5.07. The molecule has 1 aromatic rings. The highest BCUT2D eigenvalue weighted by molar-refractivity contribution is 14.0. The van der Waals surface area contributed by atoms with Crippen LogP contribution in [0, 0.1) is 6.92 Å². The highest BCUT2D eigenvalue weighted by Gasteiger charge is 2.02. The minimum Gasteiger partial charge on any atom is -0.357 e.